The molecule has 6 nitrogen and oxygen atoms in total. The average Bonchev–Trinajstić information content (AvgIpc) is 3.18. The van der Waals surface area contributed by atoms with Crippen LogP contribution in [0.15, 0.2) is 47.6 Å². The number of hydrogen-bond acceptors (Lipinski definition) is 4. The molecule has 1 aliphatic rings. The van der Waals surface area contributed by atoms with E-state index in [9.17, 15) is 4.39 Å². The Morgan fingerprint density at radius 1 is 1.27 bits per heavy atom. The fraction of sp³-hybridized carbons (Fsp3) is 0.368. The van der Waals surface area contributed by atoms with Crippen LogP contribution in [0.3, 0.4) is 0 Å². The molecule has 1 aliphatic heterocycles. The molecule has 26 heavy (non-hydrogen) atoms. The van der Waals surface area contributed by atoms with Crippen molar-refractivity contribution in [1.82, 2.24) is 15.6 Å². The Morgan fingerprint density at radius 2 is 2.12 bits per heavy atom. The van der Waals surface area contributed by atoms with E-state index < -0.39 is 0 Å². The molecule has 3 rings (SSSR count). The molecule has 7 heteroatoms. The van der Waals surface area contributed by atoms with Crippen LogP contribution in [0.1, 0.15) is 18.4 Å². The van der Waals surface area contributed by atoms with E-state index in [1.165, 1.54) is 12.1 Å². The second kappa shape index (κ2) is 9.15. The van der Waals surface area contributed by atoms with Crippen LogP contribution >= 0.6 is 0 Å². The molecule has 1 atom stereocenters. The lowest BCUT2D eigenvalue weighted by molar-refractivity contribution is 0.114. The maximum atomic E-state index is 12.9. The minimum atomic E-state index is -0.298. The number of nitrogens with zero attached hydrogens (tertiary/aromatic N) is 2. The van der Waals surface area contributed by atoms with Crippen LogP contribution in [0, 0.1) is 5.82 Å². The zero-order valence-corrected chi connectivity index (χ0v) is 14.7. The average molecular weight is 358 g/mol. The van der Waals surface area contributed by atoms with Gasteiger partial charge in [0.05, 0.1) is 6.10 Å². The van der Waals surface area contributed by atoms with Crippen molar-refractivity contribution in [3.8, 4) is 11.6 Å². The van der Waals surface area contributed by atoms with Crippen LogP contribution in [-0.2, 0) is 11.3 Å². The lowest BCUT2D eigenvalue weighted by atomic mass is 10.2. The number of benzene rings is 1. The second-order valence-corrected chi connectivity index (χ2v) is 6.00. The quantitative estimate of drug-likeness (QED) is 0.614. The Bertz CT molecular complexity index is 713. The van der Waals surface area contributed by atoms with E-state index in [-0.39, 0.29) is 11.9 Å². The van der Waals surface area contributed by atoms with Crippen LogP contribution in [0.25, 0.3) is 0 Å². The number of aliphatic imine (C=N–C) groups is 1. The number of guanidine groups is 1. The van der Waals surface area contributed by atoms with Gasteiger partial charge in [-0.15, -0.1) is 0 Å². The van der Waals surface area contributed by atoms with E-state index in [0.29, 0.717) is 18.2 Å². The second-order valence-electron chi connectivity index (χ2n) is 6.00. The molecule has 1 saturated heterocycles. The Balaban J connectivity index is 1.46. The van der Waals surface area contributed by atoms with Gasteiger partial charge in [-0.2, -0.15) is 0 Å². The molecular weight excluding hydrogens is 335 g/mol. The molecular formula is C19H23FN4O2. The predicted octanol–water partition coefficient (Wildman–Crippen LogP) is 2.86. The zero-order chi connectivity index (χ0) is 18.2. The van der Waals surface area contributed by atoms with Gasteiger partial charge >= 0.3 is 0 Å². The van der Waals surface area contributed by atoms with Gasteiger partial charge in [-0.25, -0.2) is 9.37 Å². The molecule has 1 unspecified atom stereocenters. The number of aromatic nitrogens is 1. The Kier molecular flexibility index (Phi) is 6.38. The fourth-order valence-corrected chi connectivity index (χ4v) is 2.62. The number of ether oxygens (including phenoxy) is 2. The lowest BCUT2D eigenvalue weighted by Gasteiger charge is -2.15. The molecule has 0 bridgehead atoms. The number of pyridine rings is 1. The topological polar surface area (TPSA) is 67.8 Å². The molecule has 0 radical (unpaired) electrons. The lowest BCUT2D eigenvalue weighted by Crippen LogP contribution is -2.40. The van der Waals surface area contributed by atoms with Gasteiger partial charge in [0.2, 0.25) is 5.88 Å². The van der Waals surface area contributed by atoms with E-state index in [1.807, 2.05) is 6.07 Å². The molecule has 0 spiro atoms. The van der Waals surface area contributed by atoms with Gasteiger partial charge in [-0.05, 0) is 42.7 Å². The van der Waals surface area contributed by atoms with Crippen molar-refractivity contribution < 1.29 is 13.9 Å². The van der Waals surface area contributed by atoms with Gasteiger partial charge in [0.1, 0.15) is 11.6 Å². The first-order chi connectivity index (χ1) is 12.7. The van der Waals surface area contributed by atoms with Crippen molar-refractivity contribution >= 4 is 5.96 Å². The molecule has 1 fully saturated rings. The third kappa shape index (κ3) is 5.42. The molecule has 0 aliphatic carbocycles. The number of halogens is 1. The molecule has 2 N–H and O–H groups in total. The Hall–Kier alpha value is -2.67. The summed E-state index contributed by atoms with van der Waals surface area (Å²) in [5.41, 5.74) is 0.997. The maximum Gasteiger partial charge on any atom is 0.219 e. The SMILES string of the molecule is CN=C(NCc1ccc(Oc2ccc(F)cc2)nc1)NCC1CCCO1. The molecule has 2 heterocycles. The summed E-state index contributed by atoms with van der Waals surface area (Å²) in [6, 6.07) is 9.53. The molecule has 1 aromatic heterocycles. The number of nitrogens with one attached hydrogen (secondary N) is 2. The summed E-state index contributed by atoms with van der Waals surface area (Å²) in [5, 5.41) is 6.51. The summed E-state index contributed by atoms with van der Waals surface area (Å²) in [6.07, 6.45) is 4.21. The molecule has 0 amide bonds. The molecule has 0 saturated carbocycles. The summed E-state index contributed by atoms with van der Waals surface area (Å²) in [5.74, 6) is 1.44. The monoisotopic (exact) mass is 358 g/mol. The Morgan fingerprint density at radius 3 is 2.77 bits per heavy atom. The van der Waals surface area contributed by atoms with Gasteiger partial charge in [0, 0.05) is 39.0 Å². The number of hydrogen-bond donors (Lipinski definition) is 2. The van der Waals surface area contributed by atoms with E-state index >= 15 is 0 Å². The third-order valence-corrected chi connectivity index (χ3v) is 4.04. The molecule has 1 aromatic carbocycles. The van der Waals surface area contributed by atoms with E-state index in [1.54, 1.807) is 31.4 Å². The highest BCUT2D eigenvalue weighted by molar-refractivity contribution is 5.79. The van der Waals surface area contributed by atoms with Gasteiger partial charge in [0.15, 0.2) is 5.96 Å². The van der Waals surface area contributed by atoms with Crippen molar-refractivity contribution in [1.29, 1.82) is 0 Å². The van der Waals surface area contributed by atoms with Crippen molar-refractivity contribution in [3.05, 3.63) is 54.0 Å². The molecule has 2 aromatic rings. The zero-order valence-electron chi connectivity index (χ0n) is 14.7. The van der Waals surface area contributed by atoms with Gasteiger partial charge in [-0.3, -0.25) is 4.99 Å². The van der Waals surface area contributed by atoms with Crippen molar-refractivity contribution in [2.75, 3.05) is 20.2 Å². The highest BCUT2D eigenvalue weighted by Crippen LogP contribution is 2.19. The van der Waals surface area contributed by atoms with Crippen LogP contribution in [0.2, 0.25) is 0 Å². The predicted molar refractivity (Wildman–Crippen MR) is 97.9 cm³/mol. The highest BCUT2D eigenvalue weighted by Gasteiger charge is 2.15. The summed E-state index contributed by atoms with van der Waals surface area (Å²) in [6.45, 7) is 2.19. The minimum absolute atomic E-state index is 0.262. The first-order valence-electron chi connectivity index (χ1n) is 8.67. The van der Waals surface area contributed by atoms with E-state index in [4.69, 9.17) is 9.47 Å². The first-order valence-corrected chi connectivity index (χ1v) is 8.67. The van der Waals surface area contributed by atoms with Gasteiger partial charge in [0.25, 0.3) is 0 Å². The standard InChI is InChI=1S/C19H23FN4O2/c1-21-19(24-13-17-3-2-10-25-17)23-12-14-4-9-18(22-11-14)26-16-7-5-15(20)6-8-16/h4-9,11,17H,2-3,10,12-13H2,1H3,(H2,21,23,24). The first kappa shape index (κ1) is 18.1. The smallest absolute Gasteiger partial charge is 0.219 e. The van der Waals surface area contributed by atoms with Crippen LogP contribution < -0.4 is 15.4 Å². The Labute approximate surface area is 152 Å². The number of rotatable bonds is 6. The third-order valence-electron chi connectivity index (χ3n) is 4.04. The van der Waals surface area contributed by atoms with Crippen molar-refractivity contribution in [2.45, 2.75) is 25.5 Å². The summed E-state index contributed by atoms with van der Waals surface area (Å²) in [4.78, 5) is 8.48. The summed E-state index contributed by atoms with van der Waals surface area (Å²) in [7, 11) is 1.74. The van der Waals surface area contributed by atoms with Crippen LogP contribution in [-0.4, -0.2) is 37.2 Å². The van der Waals surface area contributed by atoms with Gasteiger partial charge in [-0.1, -0.05) is 6.07 Å². The normalized spacial score (nSPS) is 17.2. The minimum Gasteiger partial charge on any atom is -0.439 e. The van der Waals surface area contributed by atoms with E-state index in [2.05, 4.69) is 20.6 Å². The fourth-order valence-electron chi connectivity index (χ4n) is 2.62. The maximum absolute atomic E-state index is 12.9. The molecule has 138 valence electrons. The van der Waals surface area contributed by atoms with Crippen LogP contribution in [0.4, 0.5) is 4.39 Å². The summed E-state index contributed by atoms with van der Waals surface area (Å²) < 4.78 is 24.1. The van der Waals surface area contributed by atoms with Gasteiger partial charge < -0.3 is 20.1 Å². The summed E-state index contributed by atoms with van der Waals surface area (Å²) >= 11 is 0. The van der Waals surface area contributed by atoms with Crippen molar-refractivity contribution in [3.63, 3.8) is 0 Å². The van der Waals surface area contributed by atoms with Crippen LogP contribution in [0.5, 0.6) is 11.6 Å². The van der Waals surface area contributed by atoms with Crippen molar-refractivity contribution in [2.24, 2.45) is 4.99 Å². The largest absolute Gasteiger partial charge is 0.439 e. The van der Waals surface area contributed by atoms with E-state index in [0.717, 1.165) is 37.5 Å². The highest BCUT2D eigenvalue weighted by atomic mass is 19.1.